The molecule has 1 aromatic carbocycles. The van der Waals surface area contributed by atoms with Gasteiger partial charge in [0.25, 0.3) is 0 Å². The van der Waals surface area contributed by atoms with Gasteiger partial charge in [-0.1, -0.05) is 30.3 Å². The molecule has 0 unspecified atom stereocenters. The normalized spacial score (nSPS) is 32.6. The molecule has 4 rings (SSSR count). The van der Waals surface area contributed by atoms with Crippen LogP contribution in [0.2, 0.25) is 0 Å². The Kier molecular flexibility index (Phi) is 4.53. The zero-order valence-electron chi connectivity index (χ0n) is 14.6. The van der Waals surface area contributed by atoms with Crippen molar-refractivity contribution in [1.82, 2.24) is 4.90 Å². The maximum Gasteiger partial charge on any atom is 0.308 e. The molecule has 0 bridgehead atoms. The van der Waals surface area contributed by atoms with Crippen molar-refractivity contribution in [2.45, 2.75) is 44.4 Å². The van der Waals surface area contributed by atoms with E-state index in [0.717, 1.165) is 38.5 Å². The van der Waals surface area contributed by atoms with Gasteiger partial charge in [-0.25, -0.2) is 0 Å². The van der Waals surface area contributed by atoms with E-state index in [1.807, 2.05) is 11.0 Å². The predicted octanol–water partition coefficient (Wildman–Crippen LogP) is 3.53. The smallest absolute Gasteiger partial charge is 0.308 e. The number of hydrogen-bond donors (Lipinski definition) is 1. The molecule has 4 heteroatoms. The van der Waals surface area contributed by atoms with Crippen LogP contribution >= 0.6 is 0 Å². The highest BCUT2D eigenvalue weighted by atomic mass is 16.4. The summed E-state index contributed by atoms with van der Waals surface area (Å²) in [5.41, 5.74) is 1.38. The van der Waals surface area contributed by atoms with Gasteiger partial charge in [-0.2, -0.15) is 0 Å². The van der Waals surface area contributed by atoms with Gasteiger partial charge in [0.1, 0.15) is 0 Å². The van der Waals surface area contributed by atoms with Gasteiger partial charge in [0.2, 0.25) is 5.91 Å². The minimum Gasteiger partial charge on any atom is -0.481 e. The van der Waals surface area contributed by atoms with Crippen molar-refractivity contribution in [1.29, 1.82) is 0 Å². The lowest BCUT2D eigenvalue weighted by Crippen LogP contribution is -2.36. The summed E-state index contributed by atoms with van der Waals surface area (Å²) in [4.78, 5) is 26.4. The molecule has 1 saturated heterocycles. The number of amides is 1. The summed E-state index contributed by atoms with van der Waals surface area (Å²) < 4.78 is 0. The monoisotopic (exact) mass is 341 g/mol. The van der Waals surface area contributed by atoms with Crippen LogP contribution in [-0.4, -0.2) is 35.0 Å². The van der Waals surface area contributed by atoms with Gasteiger partial charge >= 0.3 is 5.97 Å². The highest BCUT2D eigenvalue weighted by Gasteiger charge is 2.47. The number of carbonyl (C=O) groups is 2. The molecule has 0 radical (unpaired) electrons. The summed E-state index contributed by atoms with van der Waals surface area (Å²) in [6.45, 7) is 1.09. The molecule has 2 saturated carbocycles. The lowest BCUT2D eigenvalue weighted by Gasteiger charge is -2.30. The highest BCUT2D eigenvalue weighted by Crippen LogP contribution is 2.45. The van der Waals surface area contributed by atoms with Crippen molar-refractivity contribution < 1.29 is 14.7 Å². The second-order valence-electron chi connectivity index (χ2n) is 8.15. The molecule has 2 atom stereocenters. The second kappa shape index (κ2) is 6.81. The SMILES string of the molecule is O=C(O)[C@H]1CN(C(=O)C2CCC(c3ccccc3)CC2)C[C@@H]1C1CC1. The van der Waals surface area contributed by atoms with E-state index in [4.69, 9.17) is 0 Å². The number of carboxylic acids is 1. The third-order valence-electron chi connectivity index (χ3n) is 6.57. The molecule has 1 heterocycles. The van der Waals surface area contributed by atoms with Crippen molar-refractivity contribution in [2.75, 3.05) is 13.1 Å². The summed E-state index contributed by atoms with van der Waals surface area (Å²) in [6.07, 6.45) is 6.25. The number of carbonyl (C=O) groups excluding carboxylic acids is 1. The Hall–Kier alpha value is -1.84. The van der Waals surface area contributed by atoms with Crippen LogP contribution in [0.5, 0.6) is 0 Å². The minimum absolute atomic E-state index is 0.0901. The quantitative estimate of drug-likeness (QED) is 0.911. The van der Waals surface area contributed by atoms with Gasteiger partial charge in [-0.15, -0.1) is 0 Å². The van der Waals surface area contributed by atoms with E-state index < -0.39 is 5.97 Å². The van der Waals surface area contributed by atoms with Crippen molar-refractivity contribution in [3.8, 4) is 0 Å². The third-order valence-corrected chi connectivity index (χ3v) is 6.57. The van der Waals surface area contributed by atoms with Gasteiger partial charge in [0.05, 0.1) is 5.92 Å². The lowest BCUT2D eigenvalue weighted by molar-refractivity contribution is -0.143. The van der Waals surface area contributed by atoms with Gasteiger partial charge in [-0.05, 0) is 61.8 Å². The van der Waals surface area contributed by atoms with Crippen molar-refractivity contribution in [3.05, 3.63) is 35.9 Å². The average molecular weight is 341 g/mol. The fourth-order valence-electron chi connectivity index (χ4n) is 4.93. The first-order valence-electron chi connectivity index (χ1n) is 9.70. The Morgan fingerprint density at radius 2 is 1.60 bits per heavy atom. The molecular weight excluding hydrogens is 314 g/mol. The molecule has 134 valence electrons. The van der Waals surface area contributed by atoms with E-state index in [9.17, 15) is 14.7 Å². The summed E-state index contributed by atoms with van der Waals surface area (Å²) >= 11 is 0. The maximum atomic E-state index is 12.9. The molecule has 0 spiro atoms. The predicted molar refractivity (Wildman–Crippen MR) is 95.1 cm³/mol. The standard InChI is InChI=1S/C21H27NO3/c23-20(22-12-18(16-8-9-16)19(13-22)21(24)25)17-10-6-15(7-11-17)14-4-2-1-3-5-14/h1-5,15-19H,6-13H2,(H,24,25)/t15?,17?,18-,19+/m1/s1. The van der Waals surface area contributed by atoms with E-state index >= 15 is 0 Å². The minimum atomic E-state index is -0.722. The Morgan fingerprint density at radius 3 is 2.20 bits per heavy atom. The number of likely N-dealkylation sites (tertiary alicyclic amines) is 1. The number of rotatable bonds is 4. The Bertz CT molecular complexity index is 632. The first kappa shape index (κ1) is 16.6. The average Bonchev–Trinajstić information content (AvgIpc) is 3.40. The van der Waals surface area contributed by atoms with Crippen LogP contribution in [0.1, 0.15) is 50.0 Å². The summed E-state index contributed by atoms with van der Waals surface area (Å²) in [5.74, 6) is 0.509. The van der Waals surface area contributed by atoms with Crippen molar-refractivity contribution >= 4 is 11.9 Å². The van der Waals surface area contributed by atoms with Gasteiger partial charge in [0.15, 0.2) is 0 Å². The lowest BCUT2D eigenvalue weighted by atomic mass is 9.78. The van der Waals surface area contributed by atoms with Crippen LogP contribution in [0, 0.1) is 23.7 Å². The molecule has 3 fully saturated rings. The van der Waals surface area contributed by atoms with Crippen LogP contribution in [0.3, 0.4) is 0 Å². The Labute approximate surface area is 149 Å². The molecular formula is C21H27NO3. The molecule has 1 aliphatic heterocycles. The van der Waals surface area contributed by atoms with Crippen LogP contribution in [0.4, 0.5) is 0 Å². The second-order valence-corrected chi connectivity index (χ2v) is 8.15. The summed E-state index contributed by atoms with van der Waals surface area (Å²) in [5, 5.41) is 9.49. The molecule has 25 heavy (non-hydrogen) atoms. The number of aliphatic carboxylic acids is 1. The number of nitrogens with zero attached hydrogens (tertiary/aromatic N) is 1. The topological polar surface area (TPSA) is 57.6 Å². The van der Waals surface area contributed by atoms with Crippen molar-refractivity contribution in [2.24, 2.45) is 23.7 Å². The first-order chi connectivity index (χ1) is 12.1. The van der Waals surface area contributed by atoms with E-state index in [0.29, 0.717) is 24.9 Å². The van der Waals surface area contributed by atoms with Gasteiger partial charge < -0.3 is 10.0 Å². The van der Waals surface area contributed by atoms with E-state index in [2.05, 4.69) is 24.3 Å². The number of hydrogen-bond acceptors (Lipinski definition) is 2. The van der Waals surface area contributed by atoms with Crippen LogP contribution in [0.15, 0.2) is 30.3 Å². The van der Waals surface area contributed by atoms with Crippen molar-refractivity contribution in [3.63, 3.8) is 0 Å². The highest BCUT2D eigenvalue weighted by molar-refractivity contribution is 5.81. The van der Waals surface area contributed by atoms with Crippen LogP contribution in [-0.2, 0) is 9.59 Å². The van der Waals surface area contributed by atoms with Gasteiger partial charge in [0, 0.05) is 19.0 Å². The third kappa shape index (κ3) is 3.44. The molecule has 4 nitrogen and oxygen atoms in total. The Morgan fingerprint density at radius 1 is 0.920 bits per heavy atom. The van der Waals surface area contributed by atoms with Gasteiger partial charge in [-0.3, -0.25) is 9.59 Å². The first-order valence-corrected chi connectivity index (χ1v) is 9.70. The molecule has 2 aliphatic carbocycles. The largest absolute Gasteiger partial charge is 0.481 e. The molecule has 0 aromatic heterocycles. The fraction of sp³-hybridized carbons (Fsp3) is 0.619. The van der Waals surface area contributed by atoms with E-state index in [1.165, 1.54) is 5.56 Å². The van der Waals surface area contributed by atoms with Crippen LogP contribution < -0.4 is 0 Å². The summed E-state index contributed by atoms with van der Waals surface area (Å²) in [7, 11) is 0. The molecule has 1 amide bonds. The van der Waals surface area contributed by atoms with Crippen LogP contribution in [0.25, 0.3) is 0 Å². The number of carboxylic acid groups (broad SMARTS) is 1. The molecule has 3 aliphatic rings. The Balaban J connectivity index is 1.35. The van der Waals surface area contributed by atoms with E-state index in [1.54, 1.807) is 0 Å². The molecule has 1 N–H and O–H groups in total. The van der Waals surface area contributed by atoms with E-state index in [-0.39, 0.29) is 23.7 Å². The summed E-state index contributed by atoms with van der Waals surface area (Å²) in [6, 6.07) is 10.6. The molecule has 1 aromatic rings. The zero-order valence-corrected chi connectivity index (χ0v) is 14.6. The zero-order chi connectivity index (χ0) is 17.4. The number of benzene rings is 1. The maximum absolute atomic E-state index is 12.9. The fourth-order valence-corrected chi connectivity index (χ4v) is 4.93.